The molecule has 236 valence electrons. The maximum Gasteiger partial charge on any atom is 0.309 e. The monoisotopic (exact) mass is 642 g/mol. The van der Waals surface area contributed by atoms with Crippen molar-refractivity contribution in [3.05, 3.63) is 45.4 Å². The van der Waals surface area contributed by atoms with Crippen molar-refractivity contribution < 1.29 is 19.1 Å². The molecule has 4 aromatic rings. The van der Waals surface area contributed by atoms with Crippen molar-refractivity contribution in [2.45, 2.75) is 53.4 Å². The number of H-pyrrole nitrogens is 2. The summed E-state index contributed by atoms with van der Waals surface area (Å²) in [6.07, 6.45) is 3.21. The zero-order valence-corrected chi connectivity index (χ0v) is 27.2. The van der Waals surface area contributed by atoms with Gasteiger partial charge in [-0.05, 0) is 88.8 Å². The number of hydrogen-bond donors (Lipinski definition) is 2. The van der Waals surface area contributed by atoms with Crippen molar-refractivity contribution >= 4 is 69.1 Å². The average Bonchev–Trinajstić information content (AvgIpc) is 3.62. The fourth-order valence-corrected chi connectivity index (χ4v) is 6.04. The van der Waals surface area contributed by atoms with Gasteiger partial charge in [-0.3, -0.25) is 9.59 Å². The molecule has 0 amide bonds. The van der Waals surface area contributed by atoms with E-state index in [1.807, 2.05) is 52.0 Å². The molecule has 2 aromatic heterocycles. The number of nitrogens with zero attached hydrogens (tertiary/aromatic N) is 4. The Bertz CT molecular complexity index is 1420. The van der Waals surface area contributed by atoms with E-state index in [9.17, 15) is 9.59 Å². The van der Waals surface area contributed by atoms with Gasteiger partial charge in [0.2, 0.25) is 11.9 Å². The Kier molecular flexibility index (Phi) is 10.2. The maximum absolute atomic E-state index is 11.8. The molecule has 0 bridgehead atoms. The van der Waals surface area contributed by atoms with E-state index in [1.54, 1.807) is 0 Å². The molecule has 0 saturated carbocycles. The van der Waals surface area contributed by atoms with Gasteiger partial charge >= 0.3 is 11.9 Å². The summed E-state index contributed by atoms with van der Waals surface area (Å²) in [4.78, 5) is 43.8. The zero-order chi connectivity index (χ0) is 31.4. The number of hydrogen-bond acceptors (Lipinski definition) is 8. The molecular weight excluding hydrogens is 603 g/mol. The molecule has 2 aliphatic heterocycles. The molecule has 0 aliphatic carbocycles. The van der Waals surface area contributed by atoms with Crippen LogP contribution in [0.4, 0.5) is 11.9 Å². The number of nitrogens with one attached hydrogen (secondary N) is 2. The summed E-state index contributed by atoms with van der Waals surface area (Å²) in [5.41, 5.74) is 5.79. The minimum absolute atomic E-state index is 0.0114. The van der Waals surface area contributed by atoms with Crippen molar-refractivity contribution in [2.75, 3.05) is 49.2 Å². The van der Waals surface area contributed by atoms with Gasteiger partial charge in [0.05, 0.1) is 47.1 Å². The highest BCUT2D eigenvalue weighted by Gasteiger charge is 2.28. The Hall–Kier alpha value is -3.50. The molecule has 0 spiro atoms. The number of aromatic amines is 2. The van der Waals surface area contributed by atoms with E-state index < -0.39 is 0 Å². The second-order valence-electron chi connectivity index (χ2n) is 11.4. The van der Waals surface area contributed by atoms with E-state index in [-0.39, 0.29) is 23.8 Å². The van der Waals surface area contributed by atoms with Crippen LogP contribution in [0.15, 0.2) is 24.3 Å². The summed E-state index contributed by atoms with van der Waals surface area (Å²) >= 11 is 12.3. The molecule has 10 nitrogen and oxygen atoms in total. The van der Waals surface area contributed by atoms with Gasteiger partial charge in [-0.2, -0.15) is 0 Å². The SMILES string of the molecule is CCOC(=O)C1CCN(c2nc3cc(Cl)c(C)cc3[nH]2)CC1.CCOC(=O)C1CCN(c2nc3cc(Cl)c(C)cc3[nH]2)CC1. The fraction of sp³-hybridized carbons (Fsp3) is 0.500. The third-order valence-electron chi connectivity index (χ3n) is 8.33. The van der Waals surface area contributed by atoms with Gasteiger partial charge < -0.3 is 29.2 Å². The van der Waals surface area contributed by atoms with Crippen molar-refractivity contribution in [1.29, 1.82) is 0 Å². The molecule has 6 rings (SSSR count). The van der Waals surface area contributed by atoms with Crippen LogP contribution in [0.5, 0.6) is 0 Å². The lowest BCUT2D eigenvalue weighted by molar-refractivity contribution is -0.149. The smallest absolute Gasteiger partial charge is 0.309 e. The van der Waals surface area contributed by atoms with Gasteiger partial charge in [-0.1, -0.05) is 23.2 Å². The quantitative estimate of drug-likeness (QED) is 0.226. The Morgan fingerprint density at radius 3 is 1.43 bits per heavy atom. The van der Waals surface area contributed by atoms with Crippen LogP contribution in [0.2, 0.25) is 10.0 Å². The number of aromatic nitrogens is 4. The third-order valence-corrected chi connectivity index (χ3v) is 9.14. The lowest BCUT2D eigenvalue weighted by Crippen LogP contribution is -2.37. The summed E-state index contributed by atoms with van der Waals surface area (Å²) in [7, 11) is 0. The molecule has 2 aliphatic rings. The zero-order valence-electron chi connectivity index (χ0n) is 25.7. The minimum atomic E-state index is -0.0748. The van der Waals surface area contributed by atoms with Crippen LogP contribution in [0.1, 0.15) is 50.7 Å². The highest BCUT2D eigenvalue weighted by molar-refractivity contribution is 6.32. The number of fused-ring (bicyclic) bond motifs is 2. The first-order valence-corrected chi connectivity index (χ1v) is 16.1. The molecule has 0 atom stereocenters. The Balaban J connectivity index is 0.000000175. The van der Waals surface area contributed by atoms with Crippen LogP contribution in [-0.2, 0) is 19.1 Å². The first-order valence-electron chi connectivity index (χ1n) is 15.3. The summed E-state index contributed by atoms with van der Waals surface area (Å²) in [5.74, 6) is 1.57. The largest absolute Gasteiger partial charge is 0.466 e. The number of anilines is 2. The Labute approximate surface area is 267 Å². The molecule has 0 radical (unpaired) electrons. The number of esters is 2. The van der Waals surface area contributed by atoms with Crippen LogP contribution >= 0.6 is 23.2 Å². The van der Waals surface area contributed by atoms with E-state index in [1.165, 1.54) is 0 Å². The van der Waals surface area contributed by atoms with Crippen LogP contribution in [0.25, 0.3) is 22.1 Å². The highest BCUT2D eigenvalue weighted by Crippen LogP contribution is 2.29. The number of aryl methyl sites for hydroxylation is 2. The third kappa shape index (κ3) is 7.24. The van der Waals surface area contributed by atoms with E-state index in [0.29, 0.717) is 13.2 Å². The number of ether oxygens (including phenoxy) is 2. The van der Waals surface area contributed by atoms with E-state index in [2.05, 4.69) is 29.7 Å². The molecule has 2 fully saturated rings. The molecule has 4 heterocycles. The lowest BCUT2D eigenvalue weighted by atomic mass is 9.97. The number of rotatable bonds is 6. The lowest BCUT2D eigenvalue weighted by Gasteiger charge is -2.30. The number of carbonyl (C=O) groups excluding carboxylic acids is 2. The number of carbonyl (C=O) groups is 2. The van der Waals surface area contributed by atoms with Gasteiger partial charge in [0.25, 0.3) is 0 Å². The Morgan fingerprint density at radius 2 is 1.09 bits per heavy atom. The Morgan fingerprint density at radius 1 is 0.727 bits per heavy atom. The number of benzene rings is 2. The van der Waals surface area contributed by atoms with Gasteiger partial charge in [0.1, 0.15) is 0 Å². The number of imidazole rings is 2. The molecule has 2 saturated heterocycles. The average molecular weight is 644 g/mol. The second kappa shape index (κ2) is 14.1. The van der Waals surface area contributed by atoms with E-state index >= 15 is 0 Å². The van der Waals surface area contributed by atoms with Crippen molar-refractivity contribution in [3.8, 4) is 0 Å². The van der Waals surface area contributed by atoms with Gasteiger partial charge in [0, 0.05) is 36.2 Å². The first kappa shape index (κ1) is 31.9. The molecule has 2 aromatic carbocycles. The number of halogens is 2. The van der Waals surface area contributed by atoms with Crippen LogP contribution < -0.4 is 9.80 Å². The molecule has 12 heteroatoms. The van der Waals surface area contributed by atoms with E-state index in [0.717, 1.165) is 107 Å². The minimum Gasteiger partial charge on any atom is -0.466 e. The predicted molar refractivity (Wildman–Crippen MR) is 175 cm³/mol. The summed E-state index contributed by atoms with van der Waals surface area (Å²) in [6.45, 7) is 11.7. The van der Waals surface area contributed by atoms with Crippen LogP contribution in [-0.4, -0.2) is 71.3 Å². The summed E-state index contributed by atoms with van der Waals surface area (Å²) < 4.78 is 10.2. The summed E-state index contributed by atoms with van der Waals surface area (Å²) in [5, 5.41) is 1.46. The van der Waals surface area contributed by atoms with E-state index in [4.69, 9.17) is 32.7 Å². The highest BCUT2D eigenvalue weighted by atomic mass is 35.5. The van der Waals surface area contributed by atoms with Crippen LogP contribution in [0, 0.1) is 25.7 Å². The van der Waals surface area contributed by atoms with Crippen molar-refractivity contribution in [2.24, 2.45) is 11.8 Å². The number of piperidine rings is 2. The predicted octanol–water partition coefficient (Wildman–Crippen LogP) is 6.61. The molecule has 0 unspecified atom stereocenters. The standard InChI is InChI=1S/2C16H20ClN3O2/c2*1-3-22-15(21)11-4-6-20(7-5-11)16-18-13-8-10(2)12(17)9-14(13)19-16/h2*8-9,11H,3-7H2,1-2H3,(H,18,19). The normalized spacial score (nSPS) is 16.2. The van der Waals surface area contributed by atoms with Gasteiger partial charge in [0.15, 0.2) is 0 Å². The second-order valence-corrected chi connectivity index (χ2v) is 12.2. The van der Waals surface area contributed by atoms with Crippen molar-refractivity contribution in [3.63, 3.8) is 0 Å². The first-order chi connectivity index (χ1) is 21.2. The molecule has 2 N–H and O–H groups in total. The van der Waals surface area contributed by atoms with Crippen molar-refractivity contribution in [1.82, 2.24) is 19.9 Å². The van der Waals surface area contributed by atoms with Gasteiger partial charge in [-0.15, -0.1) is 0 Å². The molecular formula is C32H40Cl2N6O4. The molecule has 44 heavy (non-hydrogen) atoms. The fourth-order valence-electron chi connectivity index (χ4n) is 5.73. The van der Waals surface area contributed by atoms with Crippen LogP contribution in [0.3, 0.4) is 0 Å². The maximum atomic E-state index is 11.8. The van der Waals surface area contributed by atoms with Gasteiger partial charge in [-0.25, -0.2) is 9.97 Å². The topological polar surface area (TPSA) is 116 Å². The summed E-state index contributed by atoms with van der Waals surface area (Å²) in [6, 6.07) is 7.80.